The van der Waals surface area contributed by atoms with Crippen molar-refractivity contribution in [2.45, 2.75) is 13.3 Å². The lowest BCUT2D eigenvalue weighted by atomic mass is 10.1. The minimum Gasteiger partial charge on any atom is -0.481 e. The van der Waals surface area contributed by atoms with Gasteiger partial charge in [0.05, 0.1) is 12.3 Å². The maximum Gasteiger partial charge on any atom is 0.308 e. The van der Waals surface area contributed by atoms with Crippen LogP contribution in [0.3, 0.4) is 0 Å². The predicted molar refractivity (Wildman–Crippen MR) is 64.5 cm³/mol. The molecule has 1 atom stereocenters. The van der Waals surface area contributed by atoms with Crippen LogP contribution in [-0.4, -0.2) is 35.5 Å². The molecule has 0 spiro atoms. The largest absolute Gasteiger partial charge is 0.481 e. The second kappa shape index (κ2) is 6.40. The van der Waals surface area contributed by atoms with E-state index in [-0.39, 0.29) is 12.1 Å². The van der Waals surface area contributed by atoms with Gasteiger partial charge in [0, 0.05) is 25.2 Å². The minimum absolute atomic E-state index is 0.0561. The van der Waals surface area contributed by atoms with Crippen molar-refractivity contribution in [2.24, 2.45) is 5.92 Å². The number of rotatable bonds is 5. The van der Waals surface area contributed by atoms with Gasteiger partial charge >= 0.3 is 5.97 Å². The molecule has 110 valence electrons. The van der Waals surface area contributed by atoms with Gasteiger partial charge in [0.2, 0.25) is 5.91 Å². The number of carboxylic acid groups (broad SMARTS) is 1. The summed E-state index contributed by atoms with van der Waals surface area (Å²) in [5, 5.41) is 8.72. The van der Waals surface area contributed by atoms with Crippen LogP contribution in [0.4, 0.5) is 13.2 Å². The normalized spacial score (nSPS) is 12.1. The molecule has 0 aromatic heterocycles. The molecule has 0 aliphatic heterocycles. The van der Waals surface area contributed by atoms with Crippen LogP contribution < -0.4 is 0 Å². The first-order valence-electron chi connectivity index (χ1n) is 5.82. The Morgan fingerprint density at radius 1 is 1.20 bits per heavy atom. The van der Waals surface area contributed by atoms with Gasteiger partial charge < -0.3 is 10.0 Å². The Morgan fingerprint density at radius 2 is 1.75 bits per heavy atom. The third-order valence-electron chi connectivity index (χ3n) is 2.83. The fraction of sp³-hybridized carbons (Fsp3) is 0.385. The van der Waals surface area contributed by atoms with Crippen LogP contribution >= 0.6 is 0 Å². The Kier molecular flexibility index (Phi) is 5.12. The lowest BCUT2D eigenvalue weighted by molar-refractivity contribution is -0.142. The maximum atomic E-state index is 13.4. The van der Waals surface area contributed by atoms with Crippen LogP contribution in [0, 0.1) is 23.4 Å². The van der Waals surface area contributed by atoms with Crippen molar-refractivity contribution in [1.82, 2.24) is 4.90 Å². The SMILES string of the molecule is CC(CN(C)C(=O)Cc1cc(F)c(F)cc1F)C(=O)O. The maximum absolute atomic E-state index is 13.4. The highest BCUT2D eigenvalue weighted by atomic mass is 19.2. The molecule has 20 heavy (non-hydrogen) atoms. The predicted octanol–water partition coefficient (Wildman–Crippen LogP) is 1.83. The monoisotopic (exact) mass is 289 g/mol. The average molecular weight is 289 g/mol. The molecule has 0 bridgehead atoms. The summed E-state index contributed by atoms with van der Waals surface area (Å²) in [4.78, 5) is 23.5. The highest BCUT2D eigenvalue weighted by Crippen LogP contribution is 2.15. The number of aliphatic carboxylic acids is 1. The van der Waals surface area contributed by atoms with Crippen LogP contribution in [0.15, 0.2) is 12.1 Å². The summed E-state index contributed by atoms with van der Waals surface area (Å²) in [5.41, 5.74) is -0.274. The van der Waals surface area contributed by atoms with Crippen molar-refractivity contribution in [3.63, 3.8) is 0 Å². The van der Waals surface area contributed by atoms with Gasteiger partial charge in [0.25, 0.3) is 0 Å². The number of hydrogen-bond donors (Lipinski definition) is 1. The lowest BCUT2D eigenvalue weighted by Gasteiger charge is -2.19. The van der Waals surface area contributed by atoms with Gasteiger partial charge in [0.15, 0.2) is 11.6 Å². The van der Waals surface area contributed by atoms with E-state index < -0.39 is 41.7 Å². The molecule has 4 nitrogen and oxygen atoms in total. The van der Waals surface area contributed by atoms with E-state index in [1.807, 2.05) is 0 Å². The summed E-state index contributed by atoms with van der Waals surface area (Å²) in [6.07, 6.45) is -0.466. The minimum atomic E-state index is -1.33. The van der Waals surface area contributed by atoms with Gasteiger partial charge in [0.1, 0.15) is 5.82 Å². The zero-order chi connectivity index (χ0) is 15.4. The van der Waals surface area contributed by atoms with Gasteiger partial charge in [-0.05, 0) is 6.07 Å². The van der Waals surface area contributed by atoms with E-state index in [4.69, 9.17) is 5.11 Å². The molecule has 0 radical (unpaired) electrons. The fourth-order valence-corrected chi connectivity index (χ4v) is 1.59. The second-order valence-corrected chi connectivity index (χ2v) is 4.55. The fourth-order valence-electron chi connectivity index (χ4n) is 1.59. The van der Waals surface area contributed by atoms with Crippen molar-refractivity contribution in [3.05, 3.63) is 35.1 Å². The van der Waals surface area contributed by atoms with Crippen LogP contribution in [0.5, 0.6) is 0 Å². The third kappa shape index (κ3) is 3.97. The molecule has 1 rings (SSSR count). The number of carbonyl (C=O) groups is 2. The lowest BCUT2D eigenvalue weighted by Crippen LogP contribution is -2.34. The zero-order valence-electron chi connectivity index (χ0n) is 11.0. The Morgan fingerprint density at radius 3 is 2.30 bits per heavy atom. The van der Waals surface area contributed by atoms with Crippen molar-refractivity contribution in [2.75, 3.05) is 13.6 Å². The molecule has 0 aliphatic rings. The van der Waals surface area contributed by atoms with Crippen LogP contribution in [0.25, 0.3) is 0 Å². The number of halogens is 3. The Balaban J connectivity index is 2.76. The standard InChI is InChI=1S/C13H14F3NO3/c1-7(13(19)20)6-17(2)12(18)4-8-3-10(15)11(16)5-9(8)14/h3,5,7H,4,6H2,1-2H3,(H,19,20). The number of likely N-dealkylation sites (N-methyl/N-ethyl adjacent to an activating group) is 1. The molecule has 0 aliphatic carbocycles. The molecule has 0 saturated carbocycles. The molecular formula is C13H14F3NO3. The summed E-state index contributed by atoms with van der Waals surface area (Å²) in [6, 6.07) is 0.995. The second-order valence-electron chi connectivity index (χ2n) is 4.55. The van der Waals surface area contributed by atoms with Crippen LogP contribution in [0.2, 0.25) is 0 Å². The van der Waals surface area contributed by atoms with Gasteiger partial charge in [-0.1, -0.05) is 6.92 Å². The van der Waals surface area contributed by atoms with E-state index in [2.05, 4.69) is 0 Å². The molecule has 1 amide bonds. The van der Waals surface area contributed by atoms with Crippen molar-refractivity contribution in [3.8, 4) is 0 Å². The van der Waals surface area contributed by atoms with Crippen molar-refractivity contribution < 1.29 is 27.9 Å². The number of carbonyl (C=O) groups excluding carboxylic acids is 1. The quantitative estimate of drug-likeness (QED) is 0.841. The highest BCUT2D eigenvalue weighted by molar-refractivity contribution is 5.79. The number of carboxylic acids is 1. The molecule has 1 aromatic carbocycles. The number of benzene rings is 1. The van der Waals surface area contributed by atoms with E-state index >= 15 is 0 Å². The van der Waals surface area contributed by atoms with Crippen molar-refractivity contribution in [1.29, 1.82) is 0 Å². The summed E-state index contributed by atoms with van der Waals surface area (Å²) >= 11 is 0. The van der Waals surface area contributed by atoms with Gasteiger partial charge in [-0.3, -0.25) is 9.59 Å². The van der Waals surface area contributed by atoms with E-state index in [1.54, 1.807) is 0 Å². The first kappa shape index (κ1) is 16.0. The van der Waals surface area contributed by atoms with Gasteiger partial charge in [-0.15, -0.1) is 0 Å². The van der Waals surface area contributed by atoms with Gasteiger partial charge in [-0.25, -0.2) is 13.2 Å². The molecule has 0 fully saturated rings. The number of nitrogens with zero attached hydrogens (tertiary/aromatic N) is 1. The summed E-state index contributed by atoms with van der Waals surface area (Å²) < 4.78 is 39.1. The number of amides is 1. The topological polar surface area (TPSA) is 57.6 Å². The smallest absolute Gasteiger partial charge is 0.308 e. The molecule has 7 heteroatoms. The Labute approximate surface area is 113 Å². The van der Waals surface area contributed by atoms with Crippen molar-refractivity contribution >= 4 is 11.9 Å². The highest BCUT2D eigenvalue weighted by Gasteiger charge is 2.19. The van der Waals surface area contributed by atoms with E-state index in [9.17, 15) is 22.8 Å². The molecule has 1 unspecified atom stereocenters. The molecular weight excluding hydrogens is 275 g/mol. The molecule has 0 heterocycles. The summed E-state index contributed by atoms with van der Waals surface area (Å²) in [7, 11) is 1.36. The van der Waals surface area contributed by atoms with E-state index in [1.165, 1.54) is 14.0 Å². The summed E-state index contributed by atoms with van der Waals surface area (Å²) in [5.74, 6) is -6.01. The number of hydrogen-bond acceptors (Lipinski definition) is 2. The molecule has 0 saturated heterocycles. The van der Waals surface area contributed by atoms with Crippen LogP contribution in [-0.2, 0) is 16.0 Å². The first-order chi connectivity index (χ1) is 9.22. The third-order valence-corrected chi connectivity index (χ3v) is 2.83. The first-order valence-corrected chi connectivity index (χ1v) is 5.82. The van der Waals surface area contributed by atoms with Crippen LogP contribution in [0.1, 0.15) is 12.5 Å². The van der Waals surface area contributed by atoms with E-state index in [0.29, 0.717) is 12.1 Å². The summed E-state index contributed by atoms with van der Waals surface area (Å²) in [6.45, 7) is 1.36. The molecule has 1 aromatic rings. The molecule has 1 N–H and O–H groups in total. The Hall–Kier alpha value is -2.05. The van der Waals surface area contributed by atoms with Gasteiger partial charge in [-0.2, -0.15) is 0 Å². The van der Waals surface area contributed by atoms with E-state index in [0.717, 1.165) is 4.90 Å². The Bertz CT molecular complexity index is 534. The average Bonchev–Trinajstić information content (AvgIpc) is 2.35. The zero-order valence-corrected chi connectivity index (χ0v) is 11.0.